The van der Waals surface area contributed by atoms with Crippen LogP contribution in [-0.4, -0.2) is 23.1 Å². The third-order valence-corrected chi connectivity index (χ3v) is 3.03. The fraction of sp³-hybridized carbons (Fsp3) is 0.100. The molecule has 16 heavy (non-hydrogen) atoms. The summed E-state index contributed by atoms with van der Waals surface area (Å²) in [5.41, 5.74) is 0.418. The van der Waals surface area contributed by atoms with Crippen LogP contribution in [0.25, 0.3) is 0 Å². The summed E-state index contributed by atoms with van der Waals surface area (Å²) in [5.74, 6) is -3.01. The number of rotatable bonds is 1. The lowest BCUT2D eigenvalue weighted by Crippen LogP contribution is -2.27. The normalized spacial score (nSPS) is 18.4. The van der Waals surface area contributed by atoms with Crippen LogP contribution in [0.1, 0.15) is 10.4 Å². The second-order valence-corrected chi connectivity index (χ2v) is 4.00. The van der Waals surface area contributed by atoms with Crippen molar-refractivity contribution in [1.29, 1.82) is 0 Å². The van der Waals surface area contributed by atoms with Crippen molar-refractivity contribution < 1.29 is 14.7 Å². The van der Waals surface area contributed by atoms with Gasteiger partial charge in [0.15, 0.2) is 11.7 Å². The molecule has 0 saturated carbocycles. The molecule has 0 unspecified atom stereocenters. The summed E-state index contributed by atoms with van der Waals surface area (Å²) in [5, 5.41) is 9.22. The maximum Gasteiger partial charge on any atom is 0.319 e. The van der Waals surface area contributed by atoms with E-state index in [0.717, 1.165) is 6.21 Å². The number of carbonyl (C=O) groups excluding carboxylic acids is 1. The van der Waals surface area contributed by atoms with Gasteiger partial charge in [-0.3, -0.25) is 14.6 Å². The van der Waals surface area contributed by atoms with E-state index in [0.29, 0.717) is 0 Å². The van der Waals surface area contributed by atoms with E-state index < -0.39 is 17.7 Å². The first-order valence-electron chi connectivity index (χ1n) is 4.31. The fourth-order valence-electron chi connectivity index (χ4n) is 1.43. The molecule has 0 fully saturated rings. The van der Waals surface area contributed by atoms with Gasteiger partial charge in [0.1, 0.15) is 0 Å². The lowest BCUT2D eigenvalue weighted by molar-refractivity contribution is -0.137. The van der Waals surface area contributed by atoms with E-state index in [4.69, 9.17) is 28.3 Å². The number of aliphatic carboxylic acids is 1. The predicted molar refractivity (Wildman–Crippen MR) is 60.1 cm³/mol. The highest BCUT2D eigenvalue weighted by molar-refractivity contribution is 6.44. The second-order valence-electron chi connectivity index (χ2n) is 3.22. The number of carboxylic acids is 1. The number of carbonyl (C=O) groups is 2. The molecule has 1 aromatic rings. The number of aliphatic imine (C=N–C) groups is 1. The van der Waals surface area contributed by atoms with E-state index >= 15 is 0 Å². The lowest BCUT2D eigenvalue weighted by atomic mass is 9.95. The number of halogens is 2. The minimum Gasteiger partial charge on any atom is -0.480 e. The van der Waals surface area contributed by atoms with Gasteiger partial charge in [-0.2, -0.15) is 0 Å². The molecule has 0 aliphatic carbocycles. The first-order valence-corrected chi connectivity index (χ1v) is 5.07. The van der Waals surface area contributed by atoms with Gasteiger partial charge in [0.25, 0.3) is 0 Å². The zero-order valence-corrected chi connectivity index (χ0v) is 9.29. The molecule has 6 heteroatoms. The minimum atomic E-state index is -1.25. The Morgan fingerprint density at radius 1 is 1.38 bits per heavy atom. The van der Waals surface area contributed by atoms with Crippen LogP contribution in [0.3, 0.4) is 0 Å². The molecule has 4 nitrogen and oxygen atoms in total. The van der Waals surface area contributed by atoms with Gasteiger partial charge in [0, 0.05) is 11.8 Å². The summed E-state index contributed by atoms with van der Waals surface area (Å²) in [6, 6.07) is 2.87. The summed E-state index contributed by atoms with van der Waals surface area (Å²) >= 11 is 11.6. The Labute approximate surface area is 101 Å². The smallest absolute Gasteiger partial charge is 0.319 e. The molecule has 1 heterocycles. The van der Waals surface area contributed by atoms with E-state index in [1.807, 2.05) is 0 Å². The van der Waals surface area contributed by atoms with Gasteiger partial charge in [-0.15, -0.1) is 0 Å². The number of nitrogens with zero attached hydrogens (tertiary/aromatic N) is 1. The SMILES string of the molecule is O=C(O)[C@@H]1C=Nc2c(ccc(Cl)c2Cl)C1=O. The molecule has 1 atom stereocenters. The highest BCUT2D eigenvalue weighted by atomic mass is 35.5. The standard InChI is InChI=1S/C10H5Cl2NO3/c11-6-2-1-4-8(7(6)12)13-3-5(9(4)14)10(15)16/h1-3,5H,(H,15,16)/t5-/m1/s1. The maximum absolute atomic E-state index is 11.7. The molecule has 0 aromatic heterocycles. The Kier molecular flexibility index (Phi) is 2.69. The highest BCUT2D eigenvalue weighted by Gasteiger charge is 2.31. The number of hydrogen-bond acceptors (Lipinski definition) is 3. The van der Waals surface area contributed by atoms with Crippen LogP contribution in [0, 0.1) is 5.92 Å². The van der Waals surface area contributed by atoms with E-state index in [9.17, 15) is 9.59 Å². The van der Waals surface area contributed by atoms with Gasteiger partial charge in [-0.1, -0.05) is 23.2 Å². The zero-order valence-electron chi connectivity index (χ0n) is 7.78. The van der Waals surface area contributed by atoms with Crippen molar-refractivity contribution in [3.05, 3.63) is 27.7 Å². The number of benzene rings is 1. The molecule has 82 valence electrons. The average Bonchev–Trinajstić information content (AvgIpc) is 2.23. The average molecular weight is 258 g/mol. The molecule has 1 N–H and O–H groups in total. The van der Waals surface area contributed by atoms with Gasteiger partial charge < -0.3 is 5.11 Å². The molecule has 1 aromatic carbocycles. The Hall–Kier alpha value is -1.39. The van der Waals surface area contributed by atoms with Crippen LogP contribution in [-0.2, 0) is 4.79 Å². The number of fused-ring (bicyclic) bond motifs is 1. The van der Waals surface area contributed by atoms with Crippen LogP contribution in [0.4, 0.5) is 5.69 Å². The monoisotopic (exact) mass is 257 g/mol. The van der Waals surface area contributed by atoms with Crippen molar-refractivity contribution in [2.45, 2.75) is 0 Å². The van der Waals surface area contributed by atoms with Gasteiger partial charge in [0.05, 0.1) is 15.7 Å². The lowest BCUT2D eigenvalue weighted by Gasteiger charge is -2.15. The van der Waals surface area contributed by atoms with Gasteiger partial charge in [-0.25, -0.2) is 0 Å². The topological polar surface area (TPSA) is 66.7 Å². The van der Waals surface area contributed by atoms with Crippen molar-refractivity contribution >= 4 is 46.9 Å². The Morgan fingerprint density at radius 2 is 2.06 bits per heavy atom. The molecule has 0 amide bonds. The van der Waals surface area contributed by atoms with Crippen molar-refractivity contribution in [2.24, 2.45) is 10.9 Å². The zero-order chi connectivity index (χ0) is 11.9. The van der Waals surface area contributed by atoms with Crippen LogP contribution in [0.5, 0.6) is 0 Å². The van der Waals surface area contributed by atoms with Crippen LogP contribution in [0.15, 0.2) is 17.1 Å². The molecule has 0 saturated heterocycles. The van der Waals surface area contributed by atoms with Crippen molar-refractivity contribution in [3.63, 3.8) is 0 Å². The third-order valence-electron chi connectivity index (χ3n) is 2.24. The largest absolute Gasteiger partial charge is 0.480 e. The quantitative estimate of drug-likeness (QED) is 0.787. The molecular weight excluding hydrogens is 253 g/mol. The van der Waals surface area contributed by atoms with E-state index in [-0.39, 0.29) is 21.3 Å². The van der Waals surface area contributed by atoms with Crippen LogP contribution in [0.2, 0.25) is 10.0 Å². The highest BCUT2D eigenvalue weighted by Crippen LogP contribution is 2.38. The molecular formula is C10H5Cl2NO3. The van der Waals surface area contributed by atoms with E-state index in [2.05, 4.69) is 4.99 Å². The molecule has 0 bridgehead atoms. The van der Waals surface area contributed by atoms with Crippen molar-refractivity contribution in [3.8, 4) is 0 Å². The van der Waals surface area contributed by atoms with Crippen molar-refractivity contribution in [1.82, 2.24) is 0 Å². The summed E-state index contributed by atoms with van der Waals surface area (Å²) < 4.78 is 0. The number of Topliss-reactive ketones (excluding diaryl/α,β-unsaturated/α-hetero) is 1. The summed E-state index contributed by atoms with van der Waals surface area (Å²) in [4.78, 5) is 26.4. The van der Waals surface area contributed by atoms with Crippen LogP contribution >= 0.6 is 23.2 Å². The first kappa shape index (κ1) is 11.1. The Bertz CT molecular complexity index is 525. The maximum atomic E-state index is 11.7. The van der Waals surface area contributed by atoms with Gasteiger partial charge in [0.2, 0.25) is 0 Å². The number of ketones is 1. The first-order chi connectivity index (χ1) is 7.52. The number of carboxylic acid groups (broad SMARTS) is 1. The Morgan fingerprint density at radius 3 is 2.69 bits per heavy atom. The molecule has 2 rings (SSSR count). The molecule has 0 radical (unpaired) electrons. The predicted octanol–water partition coefficient (Wildman–Crippen LogP) is 2.59. The molecule has 1 aliphatic heterocycles. The van der Waals surface area contributed by atoms with Crippen molar-refractivity contribution in [2.75, 3.05) is 0 Å². The van der Waals surface area contributed by atoms with Gasteiger partial charge in [-0.05, 0) is 12.1 Å². The summed E-state index contributed by atoms with van der Waals surface area (Å²) in [6.45, 7) is 0. The summed E-state index contributed by atoms with van der Waals surface area (Å²) in [6.07, 6.45) is 1.06. The second kappa shape index (κ2) is 3.88. The van der Waals surface area contributed by atoms with E-state index in [1.165, 1.54) is 12.1 Å². The summed E-state index contributed by atoms with van der Waals surface area (Å²) in [7, 11) is 0. The third kappa shape index (κ3) is 1.60. The minimum absolute atomic E-state index is 0.160. The van der Waals surface area contributed by atoms with Gasteiger partial charge >= 0.3 is 5.97 Å². The molecule has 0 spiro atoms. The number of hydrogen-bond donors (Lipinski definition) is 1. The van der Waals surface area contributed by atoms with E-state index in [1.54, 1.807) is 0 Å². The fourth-order valence-corrected chi connectivity index (χ4v) is 1.79. The molecule has 1 aliphatic rings. The Balaban J connectivity index is 2.59. The van der Waals surface area contributed by atoms with Crippen LogP contribution < -0.4 is 0 Å².